The van der Waals surface area contributed by atoms with Crippen LogP contribution in [-0.4, -0.2) is 41.0 Å². The highest BCUT2D eigenvalue weighted by Crippen LogP contribution is 2.37. The Kier molecular flexibility index (Phi) is 6.26. The van der Waals surface area contributed by atoms with Gasteiger partial charge < -0.3 is 14.4 Å². The molecule has 3 aromatic carbocycles. The van der Waals surface area contributed by atoms with Crippen molar-refractivity contribution in [2.24, 2.45) is 0 Å². The van der Waals surface area contributed by atoms with Gasteiger partial charge in [0.05, 0.1) is 11.4 Å². The first-order valence-electron chi connectivity index (χ1n) is 12.5. The highest BCUT2D eigenvalue weighted by Gasteiger charge is 2.41. The van der Waals surface area contributed by atoms with Gasteiger partial charge in [-0.05, 0) is 35.9 Å². The summed E-state index contributed by atoms with van der Waals surface area (Å²) in [4.78, 5) is 16.8. The fraction of sp³-hybridized carbons (Fsp3) is 0.241. The van der Waals surface area contributed by atoms with E-state index in [1.54, 1.807) is 49.5 Å². The lowest BCUT2D eigenvalue weighted by atomic mass is 10.0. The van der Waals surface area contributed by atoms with E-state index in [4.69, 9.17) is 9.47 Å². The molecule has 2 aliphatic heterocycles. The molecule has 0 fully saturated rings. The van der Waals surface area contributed by atoms with E-state index in [1.807, 2.05) is 35.2 Å². The summed E-state index contributed by atoms with van der Waals surface area (Å²) < 4.78 is 54.3. The molecule has 1 amide bonds. The minimum absolute atomic E-state index is 0.122. The van der Waals surface area contributed by atoms with E-state index < -0.39 is 11.9 Å². The minimum Gasteiger partial charge on any atom is -0.454 e. The van der Waals surface area contributed by atoms with Crippen LogP contribution in [0, 0.1) is 0 Å². The predicted octanol–water partition coefficient (Wildman–Crippen LogP) is 5.45. The largest absolute Gasteiger partial charge is 0.454 e. The molecule has 0 radical (unpaired) electrons. The Balaban J connectivity index is 1.30. The smallest absolute Gasteiger partial charge is 0.435 e. The Morgan fingerprint density at radius 2 is 1.79 bits per heavy atom. The number of ether oxygens (including phenoxy) is 2. The van der Waals surface area contributed by atoms with Gasteiger partial charge in [0.1, 0.15) is 0 Å². The van der Waals surface area contributed by atoms with Crippen LogP contribution in [0.25, 0.3) is 5.69 Å². The molecule has 3 heterocycles. The first-order valence-corrected chi connectivity index (χ1v) is 12.5. The molecule has 0 saturated heterocycles. The number of benzene rings is 3. The number of anilines is 1. The number of halogens is 3. The zero-order chi connectivity index (χ0) is 27.1. The summed E-state index contributed by atoms with van der Waals surface area (Å²) in [6.07, 6.45) is -4.20. The van der Waals surface area contributed by atoms with Crippen LogP contribution >= 0.6 is 0 Å². The summed E-state index contributed by atoms with van der Waals surface area (Å²) in [5.41, 5.74) is 2.18. The Bertz CT molecular complexity index is 1530. The van der Waals surface area contributed by atoms with Gasteiger partial charge in [0, 0.05) is 56.0 Å². The van der Waals surface area contributed by atoms with E-state index in [0.717, 1.165) is 5.56 Å². The molecule has 0 saturated carbocycles. The Hall–Kier alpha value is -4.31. The van der Waals surface area contributed by atoms with Crippen molar-refractivity contribution >= 4 is 11.6 Å². The fourth-order valence-electron chi connectivity index (χ4n) is 5.07. The third-order valence-corrected chi connectivity index (χ3v) is 7.04. The molecule has 0 N–H and O–H groups in total. The number of alkyl halides is 3. The summed E-state index contributed by atoms with van der Waals surface area (Å²) in [6, 6.07) is 21.4. The van der Waals surface area contributed by atoms with E-state index in [-0.39, 0.29) is 24.8 Å². The fourth-order valence-corrected chi connectivity index (χ4v) is 5.07. The van der Waals surface area contributed by atoms with E-state index in [0.29, 0.717) is 53.6 Å². The van der Waals surface area contributed by atoms with Gasteiger partial charge in [0.2, 0.25) is 6.79 Å². The van der Waals surface area contributed by atoms with Crippen molar-refractivity contribution in [1.29, 1.82) is 0 Å². The summed E-state index contributed by atoms with van der Waals surface area (Å²) in [7, 11) is 1.63. The molecule has 39 heavy (non-hydrogen) atoms. The van der Waals surface area contributed by atoms with Crippen molar-refractivity contribution in [3.8, 4) is 17.2 Å². The van der Waals surface area contributed by atoms with Gasteiger partial charge in [-0.3, -0.25) is 9.69 Å². The highest BCUT2D eigenvalue weighted by molar-refractivity contribution is 6.06. The molecule has 10 heteroatoms. The van der Waals surface area contributed by atoms with Gasteiger partial charge in [-0.2, -0.15) is 18.3 Å². The number of fused-ring (bicyclic) bond motifs is 2. The molecule has 2 aliphatic rings. The second-order valence-corrected chi connectivity index (χ2v) is 9.58. The Morgan fingerprint density at radius 1 is 1.00 bits per heavy atom. The molecule has 1 aromatic heterocycles. The predicted molar refractivity (Wildman–Crippen MR) is 138 cm³/mol. The van der Waals surface area contributed by atoms with Crippen molar-refractivity contribution in [3.63, 3.8) is 0 Å². The van der Waals surface area contributed by atoms with E-state index in [9.17, 15) is 18.0 Å². The molecule has 0 spiro atoms. The van der Waals surface area contributed by atoms with E-state index >= 15 is 0 Å². The topological polar surface area (TPSA) is 59.8 Å². The summed E-state index contributed by atoms with van der Waals surface area (Å²) in [6.45, 7) is 1.41. The zero-order valence-electron chi connectivity index (χ0n) is 21.1. The van der Waals surface area contributed by atoms with Crippen LogP contribution in [0.3, 0.4) is 0 Å². The first kappa shape index (κ1) is 25.0. The Labute approximate surface area is 223 Å². The van der Waals surface area contributed by atoms with Gasteiger partial charge in [-0.15, -0.1) is 0 Å². The van der Waals surface area contributed by atoms with Gasteiger partial charge >= 0.3 is 6.18 Å². The SMILES string of the molecule is CN(C(=O)c1cccc(-n2nc(C(F)(F)F)c3c2CCN(Cc2ccccc2)C3)c1)c1ccc2c(c1)OCO2. The minimum atomic E-state index is -4.60. The van der Waals surface area contributed by atoms with Crippen LogP contribution in [0.15, 0.2) is 72.8 Å². The number of amides is 1. The lowest BCUT2D eigenvalue weighted by molar-refractivity contribution is -0.142. The van der Waals surface area contributed by atoms with Gasteiger partial charge in [-0.1, -0.05) is 36.4 Å². The third-order valence-electron chi connectivity index (χ3n) is 7.04. The molecule has 0 aliphatic carbocycles. The van der Waals surface area contributed by atoms with E-state index in [2.05, 4.69) is 5.10 Å². The number of aromatic nitrogens is 2. The van der Waals surface area contributed by atoms with Crippen LogP contribution in [0.1, 0.15) is 32.9 Å². The van der Waals surface area contributed by atoms with Crippen LogP contribution in [0.5, 0.6) is 11.5 Å². The van der Waals surface area contributed by atoms with Gasteiger partial charge in [0.15, 0.2) is 17.2 Å². The second kappa shape index (κ2) is 9.77. The van der Waals surface area contributed by atoms with Crippen LogP contribution in [0.2, 0.25) is 0 Å². The summed E-state index contributed by atoms with van der Waals surface area (Å²) in [5.74, 6) is 0.833. The first-order chi connectivity index (χ1) is 18.8. The van der Waals surface area contributed by atoms with E-state index in [1.165, 1.54) is 9.58 Å². The monoisotopic (exact) mass is 534 g/mol. The Morgan fingerprint density at radius 3 is 2.59 bits per heavy atom. The molecule has 7 nitrogen and oxygen atoms in total. The molecular weight excluding hydrogens is 509 g/mol. The number of hydrogen-bond acceptors (Lipinski definition) is 5. The molecule has 200 valence electrons. The van der Waals surface area contributed by atoms with Crippen LogP contribution in [-0.2, 0) is 25.7 Å². The number of nitrogens with zero attached hydrogens (tertiary/aromatic N) is 4. The lowest BCUT2D eigenvalue weighted by Crippen LogP contribution is -2.31. The third kappa shape index (κ3) is 4.83. The molecule has 0 atom stereocenters. The summed E-state index contributed by atoms with van der Waals surface area (Å²) in [5, 5.41) is 4.03. The number of rotatable bonds is 5. The van der Waals surface area contributed by atoms with Gasteiger partial charge in [-0.25, -0.2) is 4.68 Å². The van der Waals surface area contributed by atoms with Gasteiger partial charge in [0.25, 0.3) is 5.91 Å². The maximum absolute atomic E-state index is 14.1. The maximum Gasteiger partial charge on any atom is 0.435 e. The number of carbonyl (C=O) groups excluding carboxylic acids is 1. The van der Waals surface area contributed by atoms with Crippen LogP contribution < -0.4 is 14.4 Å². The normalized spacial score (nSPS) is 14.8. The zero-order valence-corrected chi connectivity index (χ0v) is 21.1. The quantitative estimate of drug-likeness (QED) is 0.341. The second-order valence-electron chi connectivity index (χ2n) is 9.58. The van der Waals surface area contributed by atoms with Crippen molar-refractivity contribution in [3.05, 3.63) is 101 Å². The molecular formula is C29H25F3N4O3. The number of carbonyl (C=O) groups is 1. The lowest BCUT2D eigenvalue weighted by Gasteiger charge is -2.28. The average Bonchev–Trinajstić information content (AvgIpc) is 3.57. The van der Waals surface area contributed by atoms with Crippen molar-refractivity contribution in [2.45, 2.75) is 25.7 Å². The van der Waals surface area contributed by atoms with Crippen molar-refractivity contribution in [2.75, 3.05) is 25.3 Å². The van der Waals surface area contributed by atoms with Crippen molar-refractivity contribution < 1.29 is 27.4 Å². The highest BCUT2D eigenvalue weighted by atomic mass is 19.4. The van der Waals surface area contributed by atoms with Crippen molar-refractivity contribution in [1.82, 2.24) is 14.7 Å². The number of hydrogen-bond donors (Lipinski definition) is 0. The molecule has 0 bridgehead atoms. The molecule has 6 rings (SSSR count). The molecule has 4 aromatic rings. The average molecular weight is 535 g/mol. The summed E-state index contributed by atoms with van der Waals surface area (Å²) >= 11 is 0. The van der Waals surface area contributed by atoms with Crippen LogP contribution in [0.4, 0.5) is 18.9 Å². The standard InChI is InChI=1S/C29H25F3N4O3/c1-34(21-10-11-25-26(15-21)39-18-38-25)28(37)20-8-5-9-22(14-20)36-24-12-13-35(16-19-6-3-2-4-7-19)17-23(24)27(33-36)29(30,31)32/h2-11,14-15H,12-13,16-18H2,1H3. The molecule has 0 unspecified atom stereocenters. The maximum atomic E-state index is 14.1.